The third kappa shape index (κ3) is 4.44. The first kappa shape index (κ1) is 22.6. The third-order valence-corrected chi connectivity index (χ3v) is 7.28. The molecule has 5 rings (SSSR count). The number of carbonyl (C=O) groups excluding carboxylic acids is 1. The minimum Gasteiger partial charge on any atom is -0.493 e. The number of aromatic nitrogens is 1. The van der Waals surface area contributed by atoms with Crippen LogP contribution in [0.2, 0.25) is 0 Å². The summed E-state index contributed by atoms with van der Waals surface area (Å²) in [4.78, 5) is 20.1. The number of methoxy groups -OCH3 is 2. The number of pyridine rings is 1. The summed E-state index contributed by atoms with van der Waals surface area (Å²) in [7, 11) is 3.28. The van der Waals surface area contributed by atoms with E-state index in [9.17, 15) is 4.79 Å². The predicted molar refractivity (Wildman–Crippen MR) is 131 cm³/mol. The minimum absolute atomic E-state index is 0.0551. The Morgan fingerprint density at radius 1 is 0.941 bits per heavy atom. The van der Waals surface area contributed by atoms with E-state index >= 15 is 0 Å². The fourth-order valence-corrected chi connectivity index (χ4v) is 5.40. The molecule has 0 spiro atoms. The molecule has 1 amide bonds. The summed E-state index contributed by atoms with van der Waals surface area (Å²) in [6.07, 6.45) is 11.5. The van der Waals surface area contributed by atoms with E-state index in [4.69, 9.17) is 14.6 Å². The summed E-state index contributed by atoms with van der Waals surface area (Å²) in [5.74, 6) is 1.58. The SMILES string of the molecule is COc1ccc(C2=NN(C3CCN(Cc4ccncc4)CC3)C(=O)C3CC=CCC23)cc1OC. The minimum atomic E-state index is -0.0551. The van der Waals surface area contributed by atoms with Crippen LogP contribution >= 0.6 is 0 Å². The number of rotatable bonds is 6. The van der Waals surface area contributed by atoms with Crippen molar-refractivity contribution in [2.24, 2.45) is 16.9 Å². The Kier molecular flexibility index (Phi) is 6.63. The van der Waals surface area contributed by atoms with Crippen molar-refractivity contribution in [3.63, 3.8) is 0 Å². The number of hydrazone groups is 1. The normalized spacial score (nSPS) is 23.4. The van der Waals surface area contributed by atoms with Gasteiger partial charge in [0, 0.05) is 43.5 Å². The van der Waals surface area contributed by atoms with E-state index in [1.807, 2.05) is 35.6 Å². The van der Waals surface area contributed by atoms with Crippen molar-refractivity contribution in [2.75, 3.05) is 27.3 Å². The molecule has 1 aliphatic carbocycles. The number of piperidine rings is 1. The van der Waals surface area contributed by atoms with Crippen LogP contribution in [0.15, 0.2) is 60.0 Å². The first-order valence-electron chi connectivity index (χ1n) is 12.1. The molecule has 7 nitrogen and oxygen atoms in total. The summed E-state index contributed by atoms with van der Waals surface area (Å²) in [5.41, 5.74) is 3.25. The van der Waals surface area contributed by atoms with Gasteiger partial charge in [0.05, 0.1) is 31.9 Å². The first-order chi connectivity index (χ1) is 16.7. The molecule has 0 radical (unpaired) electrons. The van der Waals surface area contributed by atoms with Gasteiger partial charge in [-0.05, 0) is 61.6 Å². The van der Waals surface area contributed by atoms with Gasteiger partial charge < -0.3 is 9.47 Å². The van der Waals surface area contributed by atoms with E-state index in [0.717, 1.165) is 56.6 Å². The van der Waals surface area contributed by atoms with Gasteiger partial charge in [-0.1, -0.05) is 12.2 Å². The van der Waals surface area contributed by atoms with E-state index in [0.29, 0.717) is 11.5 Å². The van der Waals surface area contributed by atoms with Gasteiger partial charge in [0.1, 0.15) is 0 Å². The van der Waals surface area contributed by atoms with Crippen LogP contribution in [0, 0.1) is 11.8 Å². The van der Waals surface area contributed by atoms with Crippen LogP contribution < -0.4 is 9.47 Å². The maximum Gasteiger partial charge on any atom is 0.247 e. The van der Waals surface area contributed by atoms with Gasteiger partial charge in [0.15, 0.2) is 11.5 Å². The summed E-state index contributed by atoms with van der Waals surface area (Å²) in [6, 6.07) is 10.2. The number of hydrogen-bond donors (Lipinski definition) is 0. The number of benzene rings is 1. The van der Waals surface area contributed by atoms with Crippen LogP contribution in [0.1, 0.15) is 36.8 Å². The average molecular weight is 461 g/mol. The van der Waals surface area contributed by atoms with E-state index < -0.39 is 0 Å². The quantitative estimate of drug-likeness (QED) is 0.612. The molecule has 3 heterocycles. The maximum atomic E-state index is 13.6. The summed E-state index contributed by atoms with van der Waals surface area (Å²) < 4.78 is 11.0. The largest absolute Gasteiger partial charge is 0.493 e. The lowest BCUT2D eigenvalue weighted by Crippen LogP contribution is -2.52. The average Bonchev–Trinajstić information content (AvgIpc) is 2.90. The standard InChI is InChI=1S/C27H32N4O3/c1-33-24-8-7-20(17-25(24)34-2)26-22-5-3-4-6-23(22)27(32)31(29-26)21-11-15-30(16-12-21)18-19-9-13-28-14-10-19/h3-4,7-10,13-14,17,21-23H,5-6,11-12,15-16,18H2,1-2H3. The van der Waals surface area contributed by atoms with Gasteiger partial charge in [-0.15, -0.1) is 0 Å². The molecule has 2 aliphatic heterocycles. The van der Waals surface area contributed by atoms with Crippen molar-refractivity contribution in [3.05, 3.63) is 66.0 Å². The fourth-order valence-electron chi connectivity index (χ4n) is 5.40. The molecule has 2 aromatic rings. The second-order valence-corrected chi connectivity index (χ2v) is 9.26. The molecular formula is C27H32N4O3. The zero-order valence-electron chi connectivity index (χ0n) is 19.9. The van der Waals surface area contributed by atoms with Crippen molar-refractivity contribution in [3.8, 4) is 11.5 Å². The Bertz CT molecular complexity index is 1080. The number of likely N-dealkylation sites (tertiary alicyclic amines) is 1. The summed E-state index contributed by atoms with van der Waals surface area (Å²) in [5, 5.41) is 6.84. The van der Waals surface area contributed by atoms with Crippen LogP contribution in [0.25, 0.3) is 0 Å². The number of nitrogens with zero attached hydrogens (tertiary/aromatic N) is 4. The van der Waals surface area contributed by atoms with Crippen LogP contribution in [0.4, 0.5) is 0 Å². The zero-order chi connectivity index (χ0) is 23.5. The lowest BCUT2D eigenvalue weighted by Gasteiger charge is -2.42. The summed E-state index contributed by atoms with van der Waals surface area (Å²) in [6.45, 7) is 2.82. The third-order valence-electron chi connectivity index (χ3n) is 7.28. The lowest BCUT2D eigenvalue weighted by atomic mass is 9.76. The van der Waals surface area contributed by atoms with Crippen molar-refractivity contribution >= 4 is 11.6 Å². The van der Waals surface area contributed by atoms with Crippen LogP contribution in [-0.2, 0) is 11.3 Å². The highest BCUT2D eigenvalue weighted by Crippen LogP contribution is 2.38. The predicted octanol–water partition coefficient (Wildman–Crippen LogP) is 3.89. The zero-order valence-corrected chi connectivity index (χ0v) is 19.9. The Balaban J connectivity index is 1.38. The van der Waals surface area contributed by atoms with E-state index in [1.54, 1.807) is 14.2 Å². The Hall–Kier alpha value is -3.19. The number of amides is 1. The van der Waals surface area contributed by atoms with E-state index in [1.165, 1.54) is 5.56 Å². The molecule has 1 aromatic carbocycles. The monoisotopic (exact) mass is 460 g/mol. The van der Waals surface area contributed by atoms with Crippen molar-refractivity contribution in [1.82, 2.24) is 14.9 Å². The smallest absolute Gasteiger partial charge is 0.247 e. The molecular weight excluding hydrogens is 428 g/mol. The van der Waals surface area contributed by atoms with Gasteiger partial charge in [-0.2, -0.15) is 5.10 Å². The first-order valence-corrected chi connectivity index (χ1v) is 12.1. The maximum absolute atomic E-state index is 13.6. The molecule has 0 saturated carbocycles. The molecule has 34 heavy (non-hydrogen) atoms. The molecule has 2 unspecified atom stereocenters. The second kappa shape index (κ2) is 9.97. The van der Waals surface area contributed by atoms with Crippen molar-refractivity contribution in [2.45, 2.75) is 38.3 Å². The van der Waals surface area contributed by atoms with Gasteiger partial charge in [0.25, 0.3) is 0 Å². The molecule has 1 aromatic heterocycles. The number of fused-ring (bicyclic) bond motifs is 1. The molecule has 1 fully saturated rings. The molecule has 2 atom stereocenters. The van der Waals surface area contributed by atoms with Crippen LogP contribution in [0.3, 0.4) is 0 Å². The topological polar surface area (TPSA) is 67.3 Å². The highest BCUT2D eigenvalue weighted by Gasteiger charge is 2.42. The Morgan fingerprint density at radius 3 is 2.35 bits per heavy atom. The van der Waals surface area contributed by atoms with Gasteiger partial charge in [-0.25, -0.2) is 5.01 Å². The number of allylic oxidation sites excluding steroid dienone is 2. The molecule has 1 saturated heterocycles. The highest BCUT2D eigenvalue weighted by molar-refractivity contribution is 6.07. The Labute approximate surface area is 201 Å². The summed E-state index contributed by atoms with van der Waals surface area (Å²) >= 11 is 0. The fraction of sp³-hybridized carbons (Fsp3) is 0.444. The lowest BCUT2D eigenvalue weighted by molar-refractivity contribution is -0.141. The number of ether oxygens (including phenoxy) is 2. The number of carbonyl (C=O) groups is 1. The van der Waals surface area contributed by atoms with Gasteiger partial charge in [0.2, 0.25) is 5.91 Å². The second-order valence-electron chi connectivity index (χ2n) is 9.26. The number of hydrogen-bond acceptors (Lipinski definition) is 6. The van der Waals surface area contributed by atoms with Crippen molar-refractivity contribution in [1.29, 1.82) is 0 Å². The van der Waals surface area contributed by atoms with E-state index in [-0.39, 0.29) is 23.8 Å². The Morgan fingerprint density at radius 2 is 1.65 bits per heavy atom. The van der Waals surface area contributed by atoms with Gasteiger partial charge >= 0.3 is 0 Å². The molecule has 7 heteroatoms. The highest BCUT2D eigenvalue weighted by atomic mass is 16.5. The molecule has 0 bridgehead atoms. The van der Waals surface area contributed by atoms with E-state index in [2.05, 4.69) is 34.2 Å². The molecule has 178 valence electrons. The van der Waals surface area contributed by atoms with Crippen LogP contribution in [-0.4, -0.2) is 59.9 Å². The van der Waals surface area contributed by atoms with Crippen molar-refractivity contribution < 1.29 is 14.3 Å². The van der Waals surface area contributed by atoms with Crippen LogP contribution in [0.5, 0.6) is 11.5 Å². The van der Waals surface area contributed by atoms with Gasteiger partial charge in [-0.3, -0.25) is 14.7 Å². The molecule has 3 aliphatic rings. The molecule has 0 N–H and O–H groups in total.